The van der Waals surface area contributed by atoms with Gasteiger partial charge in [-0.15, -0.1) is 11.3 Å². The Bertz CT molecular complexity index is 954. The number of nitrogens with zero attached hydrogens (tertiary/aromatic N) is 4. The zero-order valence-corrected chi connectivity index (χ0v) is 15.3. The molecule has 1 fully saturated rings. The van der Waals surface area contributed by atoms with Gasteiger partial charge >= 0.3 is 0 Å². The molecule has 0 amide bonds. The van der Waals surface area contributed by atoms with Gasteiger partial charge in [0.2, 0.25) is 0 Å². The quantitative estimate of drug-likeness (QED) is 0.706. The Labute approximate surface area is 155 Å². The second kappa shape index (κ2) is 7.65. The van der Waals surface area contributed by atoms with Crippen LogP contribution in [0.15, 0.2) is 46.7 Å². The fourth-order valence-electron chi connectivity index (χ4n) is 3.41. The van der Waals surface area contributed by atoms with Crippen molar-refractivity contribution in [2.24, 2.45) is 0 Å². The summed E-state index contributed by atoms with van der Waals surface area (Å²) in [6.45, 7) is 5.00. The van der Waals surface area contributed by atoms with Gasteiger partial charge in [-0.1, -0.05) is 18.2 Å². The molecule has 1 aromatic carbocycles. The maximum Gasteiger partial charge on any atom is 0.258 e. The lowest BCUT2D eigenvalue weighted by Gasteiger charge is -2.21. The minimum absolute atomic E-state index is 0.0257. The van der Waals surface area contributed by atoms with Crippen LogP contribution in [0.1, 0.15) is 17.7 Å². The molecule has 4 rings (SSSR count). The Kier molecular flexibility index (Phi) is 5.10. The zero-order valence-electron chi connectivity index (χ0n) is 14.5. The monoisotopic (exact) mass is 372 g/mol. The third kappa shape index (κ3) is 3.85. The molecule has 7 heteroatoms. The first-order valence-corrected chi connectivity index (χ1v) is 9.71. The maximum atomic E-state index is 13.9. The Morgan fingerprint density at radius 1 is 1.08 bits per heavy atom. The van der Waals surface area contributed by atoms with Crippen LogP contribution in [0.2, 0.25) is 0 Å². The predicted octanol–water partition coefficient (Wildman–Crippen LogP) is 2.60. The normalized spacial score (nSPS) is 16.8. The van der Waals surface area contributed by atoms with Crippen molar-refractivity contribution in [1.82, 2.24) is 19.2 Å². The van der Waals surface area contributed by atoms with Crippen LogP contribution in [-0.2, 0) is 13.1 Å². The Morgan fingerprint density at radius 3 is 2.65 bits per heavy atom. The Balaban J connectivity index is 1.40. The lowest BCUT2D eigenvalue weighted by molar-refractivity contribution is 0.244. The maximum absolute atomic E-state index is 13.9. The zero-order chi connectivity index (χ0) is 17.9. The minimum atomic E-state index is -0.137. The third-order valence-electron chi connectivity index (χ3n) is 4.77. The number of thiazole rings is 1. The summed E-state index contributed by atoms with van der Waals surface area (Å²) in [4.78, 5) is 22.1. The van der Waals surface area contributed by atoms with E-state index in [0.29, 0.717) is 13.1 Å². The highest BCUT2D eigenvalue weighted by atomic mass is 32.1. The van der Waals surface area contributed by atoms with E-state index < -0.39 is 0 Å². The fraction of sp³-hybridized carbons (Fsp3) is 0.368. The van der Waals surface area contributed by atoms with Crippen molar-refractivity contribution in [3.05, 3.63) is 69.3 Å². The van der Waals surface area contributed by atoms with Gasteiger partial charge in [0.1, 0.15) is 5.82 Å². The molecule has 0 aliphatic carbocycles. The topological polar surface area (TPSA) is 40.9 Å². The summed E-state index contributed by atoms with van der Waals surface area (Å²) < 4.78 is 15.4. The van der Waals surface area contributed by atoms with E-state index in [2.05, 4.69) is 14.8 Å². The van der Waals surface area contributed by atoms with Crippen LogP contribution >= 0.6 is 11.3 Å². The average Bonchev–Trinajstić information content (AvgIpc) is 2.99. The number of hydrogen-bond donors (Lipinski definition) is 0. The molecule has 0 spiro atoms. The molecule has 0 radical (unpaired) electrons. The molecule has 3 heterocycles. The van der Waals surface area contributed by atoms with Gasteiger partial charge in [-0.2, -0.15) is 0 Å². The van der Waals surface area contributed by atoms with E-state index in [9.17, 15) is 9.18 Å². The molecule has 0 unspecified atom stereocenters. The molecule has 5 nitrogen and oxygen atoms in total. The second-order valence-corrected chi connectivity index (χ2v) is 7.51. The van der Waals surface area contributed by atoms with E-state index in [4.69, 9.17) is 0 Å². The molecule has 1 aliphatic rings. The highest BCUT2D eigenvalue weighted by Gasteiger charge is 2.17. The summed E-state index contributed by atoms with van der Waals surface area (Å²) in [5.41, 5.74) is 1.54. The van der Waals surface area contributed by atoms with Crippen molar-refractivity contribution in [1.29, 1.82) is 0 Å². The SMILES string of the molecule is O=c1cc(CN2CCCN(Cc3ccccc3F)CC2)nc2sccn12. The van der Waals surface area contributed by atoms with E-state index >= 15 is 0 Å². The van der Waals surface area contributed by atoms with Crippen molar-refractivity contribution in [2.45, 2.75) is 19.5 Å². The smallest absolute Gasteiger partial charge is 0.258 e. The van der Waals surface area contributed by atoms with E-state index in [1.165, 1.54) is 17.4 Å². The summed E-state index contributed by atoms with van der Waals surface area (Å²) in [7, 11) is 0. The van der Waals surface area contributed by atoms with Gasteiger partial charge < -0.3 is 0 Å². The van der Waals surface area contributed by atoms with Crippen molar-refractivity contribution in [2.75, 3.05) is 26.2 Å². The third-order valence-corrected chi connectivity index (χ3v) is 5.53. The van der Waals surface area contributed by atoms with Gasteiger partial charge in [-0.3, -0.25) is 19.0 Å². The van der Waals surface area contributed by atoms with Crippen molar-refractivity contribution in [3.8, 4) is 0 Å². The van der Waals surface area contributed by atoms with Gasteiger partial charge in [-0.25, -0.2) is 9.37 Å². The van der Waals surface area contributed by atoms with E-state index in [0.717, 1.165) is 48.8 Å². The highest BCUT2D eigenvalue weighted by molar-refractivity contribution is 7.15. The minimum Gasteiger partial charge on any atom is -0.298 e. The molecule has 0 N–H and O–H groups in total. The fourth-order valence-corrected chi connectivity index (χ4v) is 4.14. The Morgan fingerprint density at radius 2 is 1.85 bits per heavy atom. The molecular weight excluding hydrogens is 351 g/mol. The average molecular weight is 372 g/mol. The summed E-state index contributed by atoms with van der Waals surface area (Å²) >= 11 is 1.47. The van der Waals surface area contributed by atoms with Gasteiger partial charge in [0.05, 0.1) is 5.69 Å². The van der Waals surface area contributed by atoms with E-state index in [1.54, 1.807) is 22.7 Å². The molecule has 1 aliphatic heterocycles. The first-order valence-electron chi connectivity index (χ1n) is 8.83. The molecule has 136 valence electrons. The van der Waals surface area contributed by atoms with Crippen LogP contribution in [0, 0.1) is 5.82 Å². The number of rotatable bonds is 4. The molecular formula is C19H21FN4OS. The molecule has 1 saturated heterocycles. The van der Waals surface area contributed by atoms with Crippen molar-refractivity contribution < 1.29 is 4.39 Å². The largest absolute Gasteiger partial charge is 0.298 e. The van der Waals surface area contributed by atoms with E-state index in [-0.39, 0.29) is 11.4 Å². The lowest BCUT2D eigenvalue weighted by atomic mass is 10.2. The van der Waals surface area contributed by atoms with Gasteiger partial charge in [0.25, 0.3) is 5.56 Å². The second-order valence-electron chi connectivity index (χ2n) is 6.64. The van der Waals surface area contributed by atoms with Gasteiger partial charge in [0.15, 0.2) is 4.96 Å². The van der Waals surface area contributed by atoms with Crippen LogP contribution in [-0.4, -0.2) is 45.4 Å². The van der Waals surface area contributed by atoms with Crippen LogP contribution in [0.4, 0.5) is 4.39 Å². The van der Waals surface area contributed by atoms with Crippen LogP contribution in [0.3, 0.4) is 0 Å². The number of hydrogen-bond acceptors (Lipinski definition) is 5. The molecule has 3 aromatic rings. The van der Waals surface area contributed by atoms with Crippen LogP contribution in [0.25, 0.3) is 4.96 Å². The summed E-state index contributed by atoms with van der Waals surface area (Å²) in [6.07, 6.45) is 2.78. The summed E-state index contributed by atoms with van der Waals surface area (Å²) in [5.74, 6) is -0.137. The van der Waals surface area contributed by atoms with Gasteiger partial charge in [-0.05, 0) is 25.6 Å². The summed E-state index contributed by atoms with van der Waals surface area (Å²) in [6, 6.07) is 8.61. The van der Waals surface area contributed by atoms with Crippen molar-refractivity contribution in [3.63, 3.8) is 0 Å². The van der Waals surface area contributed by atoms with Crippen LogP contribution in [0.5, 0.6) is 0 Å². The van der Waals surface area contributed by atoms with E-state index in [1.807, 2.05) is 17.5 Å². The molecule has 0 bridgehead atoms. The first kappa shape index (κ1) is 17.3. The molecule has 26 heavy (non-hydrogen) atoms. The van der Waals surface area contributed by atoms with Crippen molar-refractivity contribution >= 4 is 16.3 Å². The number of aromatic nitrogens is 2. The van der Waals surface area contributed by atoms with Gasteiger partial charge in [0, 0.05) is 49.4 Å². The number of halogens is 1. The number of benzene rings is 1. The number of fused-ring (bicyclic) bond motifs is 1. The molecule has 0 atom stereocenters. The molecule has 2 aromatic heterocycles. The predicted molar refractivity (Wildman–Crippen MR) is 101 cm³/mol. The highest BCUT2D eigenvalue weighted by Crippen LogP contribution is 2.14. The lowest BCUT2D eigenvalue weighted by Crippen LogP contribution is -2.31. The first-order chi connectivity index (χ1) is 12.7. The summed E-state index contributed by atoms with van der Waals surface area (Å²) in [5, 5.41) is 1.88. The standard InChI is InChI=1S/C19H21FN4OS/c20-17-5-2-1-4-15(17)13-22-6-3-7-23(9-8-22)14-16-12-18(25)24-10-11-26-19(24)21-16/h1-2,4-5,10-12H,3,6-9,13-14H2. The van der Waals surface area contributed by atoms with Crippen LogP contribution < -0.4 is 5.56 Å². The Hall–Kier alpha value is -2.09. The molecule has 0 saturated carbocycles.